The van der Waals surface area contributed by atoms with Crippen molar-refractivity contribution in [2.24, 2.45) is 5.92 Å². The van der Waals surface area contributed by atoms with Crippen LogP contribution in [0.4, 0.5) is 0 Å². The summed E-state index contributed by atoms with van der Waals surface area (Å²) in [5, 5.41) is 0. The van der Waals surface area contributed by atoms with E-state index in [0.717, 1.165) is 12.8 Å². The van der Waals surface area contributed by atoms with Gasteiger partial charge in [0.05, 0.1) is 12.2 Å². The molecular weight excluding hydrogens is 256 g/mol. The Morgan fingerprint density at radius 3 is 2.48 bits per heavy atom. The lowest BCUT2D eigenvalue weighted by molar-refractivity contribution is -0.0673. The molecule has 1 aromatic carbocycles. The molecule has 0 radical (unpaired) electrons. The first kappa shape index (κ1) is 16.0. The van der Waals surface area contributed by atoms with Gasteiger partial charge in [-0.15, -0.1) is 0 Å². The molecular formula is C20H28O. The lowest BCUT2D eigenvalue weighted by Crippen LogP contribution is -2.28. The third-order valence-corrected chi connectivity index (χ3v) is 4.31. The minimum absolute atomic E-state index is 0.206. The zero-order chi connectivity index (χ0) is 15.2. The highest BCUT2D eigenvalue weighted by molar-refractivity contribution is 5.23. The Bertz CT molecular complexity index is 494. The van der Waals surface area contributed by atoms with Gasteiger partial charge in [-0.25, -0.2) is 0 Å². The number of ether oxygens (including phenoxy) is 1. The average molecular weight is 284 g/mol. The molecule has 0 amide bonds. The van der Waals surface area contributed by atoms with Gasteiger partial charge in [0.25, 0.3) is 0 Å². The Morgan fingerprint density at radius 1 is 1.10 bits per heavy atom. The van der Waals surface area contributed by atoms with Crippen LogP contribution in [0.2, 0.25) is 0 Å². The zero-order valence-electron chi connectivity index (χ0n) is 13.8. The number of rotatable bonds is 4. The summed E-state index contributed by atoms with van der Waals surface area (Å²) < 4.78 is 6.28. The van der Waals surface area contributed by atoms with Gasteiger partial charge >= 0.3 is 0 Å². The standard InChI is InChI=1S/C20H28O/c1-15(2)9-8-10-16(3)19-14-13-17(4)21-20(19)18-11-6-5-7-12-18/h5-7,9-12,17,19-20H,8,13-14H2,1-4H3/b16-10-/t17-,19+,20-/m0/s1. The first-order valence-electron chi connectivity index (χ1n) is 8.08. The number of benzene rings is 1. The quantitative estimate of drug-likeness (QED) is 0.631. The lowest BCUT2D eigenvalue weighted by atomic mass is 9.82. The summed E-state index contributed by atoms with van der Waals surface area (Å²) >= 11 is 0. The maximum atomic E-state index is 6.28. The van der Waals surface area contributed by atoms with Crippen molar-refractivity contribution in [2.75, 3.05) is 0 Å². The first-order valence-corrected chi connectivity index (χ1v) is 8.08. The molecule has 1 heteroatoms. The highest BCUT2D eigenvalue weighted by atomic mass is 16.5. The van der Waals surface area contributed by atoms with E-state index in [1.54, 1.807) is 0 Å². The summed E-state index contributed by atoms with van der Waals surface area (Å²) in [5.41, 5.74) is 4.16. The Kier molecular flexibility index (Phi) is 5.81. The highest BCUT2D eigenvalue weighted by Crippen LogP contribution is 2.40. The summed E-state index contributed by atoms with van der Waals surface area (Å²) in [7, 11) is 0. The molecule has 0 saturated carbocycles. The summed E-state index contributed by atoms with van der Waals surface area (Å²) in [6, 6.07) is 10.7. The van der Waals surface area contributed by atoms with Crippen LogP contribution in [0, 0.1) is 5.92 Å². The third-order valence-electron chi connectivity index (χ3n) is 4.31. The van der Waals surface area contributed by atoms with Crippen molar-refractivity contribution in [2.45, 2.75) is 59.2 Å². The van der Waals surface area contributed by atoms with Gasteiger partial charge < -0.3 is 4.74 Å². The number of hydrogen-bond acceptors (Lipinski definition) is 1. The van der Waals surface area contributed by atoms with Gasteiger partial charge in [-0.05, 0) is 52.5 Å². The van der Waals surface area contributed by atoms with E-state index in [9.17, 15) is 0 Å². The van der Waals surface area contributed by atoms with Gasteiger partial charge in [0.15, 0.2) is 0 Å². The van der Waals surface area contributed by atoms with Crippen LogP contribution < -0.4 is 0 Å². The molecule has 0 bridgehead atoms. The minimum Gasteiger partial charge on any atom is -0.370 e. The minimum atomic E-state index is 0.206. The largest absolute Gasteiger partial charge is 0.370 e. The van der Waals surface area contributed by atoms with Crippen LogP contribution in [-0.4, -0.2) is 6.10 Å². The van der Waals surface area contributed by atoms with E-state index in [1.807, 2.05) is 0 Å². The van der Waals surface area contributed by atoms with Gasteiger partial charge in [-0.1, -0.05) is 53.6 Å². The van der Waals surface area contributed by atoms with Crippen molar-refractivity contribution < 1.29 is 4.74 Å². The monoisotopic (exact) mass is 284 g/mol. The van der Waals surface area contributed by atoms with Crippen LogP contribution in [0.15, 0.2) is 53.6 Å². The summed E-state index contributed by atoms with van der Waals surface area (Å²) in [5.74, 6) is 0.508. The van der Waals surface area contributed by atoms with E-state index < -0.39 is 0 Å². The second-order valence-corrected chi connectivity index (χ2v) is 6.43. The fourth-order valence-corrected chi connectivity index (χ4v) is 3.03. The molecule has 3 atom stereocenters. The molecule has 1 heterocycles. The highest BCUT2D eigenvalue weighted by Gasteiger charge is 2.31. The second-order valence-electron chi connectivity index (χ2n) is 6.43. The molecule has 1 aromatic rings. The fraction of sp³-hybridized carbons (Fsp3) is 0.500. The summed E-state index contributed by atoms with van der Waals surface area (Å²) in [6.45, 7) is 8.76. The van der Waals surface area contributed by atoms with Crippen molar-refractivity contribution >= 4 is 0 Å². The molecule has 0 aliphatic carbocycles. The topological polar surface area (TPSA) is 9.23 Å². The Labute approximate surface area is 129 Å². The first-order chi connectivity index (χ1) is 10.1. The molecule has 0 N–H and O–H groups in total. The normalized spacial score (nSPS) is 26.5. The van der Waals surface area contributed by atoms with E-state index >= 15 is 0 Å². The molecule has 21 heavy (non-hydrogen) atoms. The number of hydrogen-bond donors (Lipinski definition) is 0. The Morgan fingerprint density at radius 2 is 1.81 bits per heavy atom. The van der Waals surface area contributed by atoms with Crippen molar-refractivity contribution in [3.63, 3.8) is 0 Å². The van der Waals surface area contributed by atoms with Gasteiger partial charge in [0.1, 0.15) is 0 Å². The molecule has 1 aliphatic heterocycles. The van der Waals surface area contributed by atoms with Crippen LogP contribution in [0.3, 0.4) is 0 Å². The third kappa shape index (κ3) is 4.57. The maximum absolute atomic E-state index is 6.28. The van der Waals surface area contributed by atoms with Crippen LogP contribution >= 0.6 is 0 Å². The van der Waals surface area contributed by atoms with Gasteiger partial charge in [0.2, 0.25) is 0 Å². The van der Waals surface area contributed by atoms with E-state index in [1.165, 1.54) is 23.1 Å². The van der Waals surface area contributed by atoms with E-state index in [0.29, 0.717) is 12.0 Å². The summed E-state index contributed by atoms with van der Waals surface area (Å²) in [4.78, 5) is 0. The van der Waals surface area contributed by atoms with E-state index in [2.05, 4.69) is 70.2 Å². The Balaban J connectivity index is 2.17. The molecule has 1 saturated heterocycles. The molecule has 1 fully saturated rings. The van der Waals surface area contributed by atoms with Gasteiger partial charge in [-0.2, -0.15) is 0 Å². The predicted molar refractivity (Wildman–Crippen MR) is 90.3 cm³/mol. The predicted octanol–water partition coefficient (Wildman–Crippen LogP) is 5.85. The second kappa shape index (κ2) is 7.61. The van der Waals surface area contributed by atoms with Crippen LogP contribution in [0.1, 0.15) is 58.6 Å². The van der Waals surface area contributed by atoms with E-state index in [4.69, 9.17) is 4.74 Å². The lowest BCUT2D eigenvalue weighted by Gasteiger charge is -2.36. The SMILES string of the molecule is CC(C)=CC/C=C(/C)[C@H]1CC[C@H](C)O[C@H]1c1ccccc1. The van der Waals surface area contributed by atoms with Crippen LogP contribution in [0.5, 0.6) is 0 Å². The molecule has 114 valence electrons. The molecule has 0 aromatic heterocycles. The fourth-order valence-electron chi connectivity index (χ4n) is 3.03. The Hall–Kier alpha value is -1.34. The smallest absolute Gasteiger partial charge is 0.0893 e. The van der Waals surface area contributed by atoms with Gasteiger partial charge in [0, 0.05) is 5.92 Å². The van der Waals surface area contributed by atoms with Crippen LogP contribution in [-0.2, 0) is 4.74 Å². The molecule has 2 rings (SSSR count). The van der Waals surface area contributed by atoms with Crippen molar-refractivity contribution in [3.8, 4) is 0 Å². The number of allylic oxidation sites excluding steroid dienone is 3. The van der Waals surface area contributed by atoms with Crippen molar-refractivity contribution in [3.05, 3.63) is 59.2 Å². The van der Waals surface area contributed by atoms with Crippen molar-refractivity contribution in [1.82, 2.24) is 0 Å². The average Bonchev–Trinajstić information content (AvgIpc) is 2.47. The maximum Gasteiger partial charge on any atom is 0.0893 e. The molecule has 0 unspecified atom stereocenters. The molecule has 1 nitrogen and oxygen atoms in total. The zero-order valence-corrected chi connectivity index (χ0v) is 13.8. The summed E-state index contributed by atoms with van der Waals surface area (Å²) in [6.07, 6.45) is 8.62. The van der Waals surface area contributed by atoms with Gasteiger partial charge in [-0.3, -0.25) is 0 Å². The molecule has 1 aliphatic rings. The van der Waals surface area contributed by atoms with E-state index in [-0.39, 0.29) is 6.10 Å². The van der Waals surface area contributed by atoms with Crippen LogP contribution in [0.25, 0.3) is 0 Å². The van der Waals surface area contributed by atoms with Crippen molar-refractivity contribution in [1.29, 1.82) is 0 Å². The molecule has 0 spiro atoms.